The van der Waals surface area contributed by atoms with E-state index < -0.39 is 5.97 Å². The molecule has 0 bridgehead atoms. The van der Waals surface area contributed by atoms with Crippen LogP contribution in [0.15, 0.2) is 65.1 Å². The summed E-state index contributed by atoms with van der Waals surface area (Å²) in [5.41, 5.74) is 2.29. The summed E-state index contributed by atoms with van der Waals surface area (Å²) in [6, 6.07) is 19.4. The fraction of sp³-hybridized carbons (Fsp3) is 0.100. The van der Waals surface area contributed by atoms with Gasteiger partial charge < -0.3 is 10.1 Å². The Labute approximate surface area is 153 Å². The summed E-state index contributed by atoms with van der Waals surface area (Å²) in [5, 5.41) is 4.44. The first-order chi connectivity index (χ1) is 12.1. The van der Waals surface area contributed by atoms with Gasteiger partial charge in [-0.05, 0) is 34.0 Å². The number of methoxy groups -OCH3 is 1. The summed E-state index contributed by atoms with van der Waals surface area (Å²) in [7, 11) is 1.29. The average molecular weight is 398 g/mol. The van der Waals surface area contributed by atoms with Crippen molar-refractivity contribution in [2.24, 2.45) is 0 Å². The molecule has 3 aromatic carbocycles. The number of carbonyl (C=O) groups excluding carboxylic acids is 2. The maximum absolute atomic E-state index is 12.8. The number of ether oxygens (including phenoxy) is 1. The highest BCUT2D eigenvalue weighted by molar-refractivity contribution is 9.10. The van der Waals surface area contributed by atoms with Crippen LogP contribution < -0.4 is 5.32 Å². The second-order valence-corrected chi connectivity index (χ2v) is 6.39. The summed E-state index contributed by atoms with van der Waals surface area (Å²) < 4.78 is 5.56. The van der Waals surface area contributed by atoms with E-state index in [-0.39, 0.29) is 12.5 Å². The van der Waals surface area contributed by atoms with Crippen LogP contribution in [0.4, 0.5) is 0 Å². The van der Waals surface area contributed by atoms with E-state index in [2.05, 4.69) is 26.0 Å². The van der Waals surface area contributed by atoms with Gasteiger partial charge in [0.25, 0.3) is 5.91 Å². The van der Waals surface area contributed by atoms with Crippen molar-refractivity contribution in [2.45, 2.75) is 0 Å². The SMILES string of the molecule is COC(=O)CNC(=O)c1c(-c2ccc(Br)cc2)ccc2ccccc12. The van der Waals surface area contributed by atoms with Gasteiger partial charge in [-0.15, -0.1) is 0 Å². The molecule has 0 spiro atoms. The molecule has 0 heterocycles. The van der Waals surface area contributed by atoms with Crippen LogP contribution in [0, 0.1) is 0 Å². The van der Waals surface area contributed by atoms with E-state index in [0.29, 0.717) is 5.56 Å². The third-order valence-electron chi connectivity index (χ3n) is 3.93. The molecule has 0 aliphatic heterocycles. The predicted octanol–water partition coefficient (Wildman–Crippen LogP) is 4.17. The summed E-state index contributed by atoms with van der Waals surface area (Å²) in [6.07, 6.45) is 0. The number of hydrogen-bond acceptors (Lipinski definition) is 3. The lowest BCUT2D eigenvalue weighted by molar-refractivity contribution is -0.139. The molecule has 0 aromatic heterocycles. The molecule has 0 saturated carbocycles. The van der Waals surface area contributed by atoms with Crippen molar-refractivity contribution in [1.29, 1.82) is 0 Å². The van der Waals surface area contributed by atoms with E-state index >= 15 is 0 Å². The Morgan fingerprint density at radius 3 is 2.44 bits per heavy atom. The van der Waals surface area contributed by atoms with Crippen molar-refractivity contribution >= 4 is 38.6 Å². The van der Waals surface area contributed by atoms with Crippen LogP contribution in [0.5, 0.6) is 0 Å². The maximum Gasteiger partial charge on any atom is 0.325 e. The summed E-state index contributed by atoms with van der Waals surface area (Å²) in [4.78, 5) is 24.2. The molecule has 0 fully saturated rings. The molecule has 1 N–H and O–H groups in total. The second kappa shape index (κ2) is 7.49. The van der Waals surface area contributed by atoms with Crippen LogP contribution in [0.25, 0.3) is 21.9 Å². The number of esters is 1. The Bertz CT molecular complexity index is 935. The third kappa shape index (κ3) is 3.72. The number of carbonyl (C=O) groups is 2. The molecule has 126 valence electrons. The molecule has 0 atom stereocenters. The van der Waals surface area contributed by atoms with E-state index in [1.165, 1.54) is 7.11 Å². The highest BCUT2D eigenvalue weighted by Crippen LogP contribution is 2.31. The zero-order valence-corrected chi connectivity index (χ0v) is 15.2. The van der Waals surface area contributed by atoms with Crippen molar-refractivity contribution in [3.05, 3.63) is 70.7 Å². The highest BCUT2D eigenvalue weighted by Gasteiger charge is 2.17. The second-order valence-electron chi connectivity index (χ2n) is 5.47. The molecule has 5 heteroatoms. The summed E-state index contributed by atoms with van der Waals surface area (Å²) in [5.74, 6) is -0.793. The van der Waals surface area contributed by atoms with Crippen LogP contribution in [-0.2, 0) is 9.53 Å². The molecule has 3 aromatic rings. The van der Waals surface area contributed by atoms with E-state index in [0.717, 1.165) is 26.4 Å². The van der Waals surface area contributed by atoms with E-state index in [9.17, 15) is 9.59 Å². The average Bonchev–Trinajstić information content (AvgIpc) is 2.65. The normalized spacial score (nSPS) is 10.5. The van der Waals surface area contributed by atoms with Gasteiger partial charge in [0.05, 0.1) is 12.7 Å². The molecular formula is C20H16BrNO3. The highest BCUT2D eigenvalue weighted by atomic mass is 79.9. The lowest BCUT2D eigenvalue weighted by Gasteiger charge is -2.13. The molecule has 25 heavy (non-hydrogen) atoms. The van der Waals surface area contributed by atoms with Gasteiger partial charge in [0.2, 0.25) is 0 Å². The van der Waals surface area contributed by atoms with Gasteiger partial charge in [0.15, 0.2) is 0 Å². The van der Waals surface area contributed by atoms with E-state index in [4.69, 9.17) is 0 Å². The number of rotatable bonds is 4. The molecule has 0 saturated heterocycles. The van der Waals surface area contributed by atoms with Crippen molar-refractivity contribution in [1.82, 2.24) is 5.32 Å². The largest absolute Gasteiger partial charge is 0.468 e. The molecule has 0 aliphatic carbocycles. The Hall–Kier alpha value is -2.66. The summed E-state index contributed by atoms with van der Waals surface area (Å²) in [6.45, 7) is -0.168. The minimum absolute atomic E-state index is 0.168. The van der Waals surface area contributed by atoms with E-state index in [1.807, 2.05) is 60.7 Å². The van der Waals surface area contributed by atoms with Crippen LogP contribution in [-0.4, -0.2) is 25.5 Å². The molecule has 0 radical (unpaired) electrons. The van der Waals surface area contributed by atoms with Gasteiger partial charge >= 0.3 is 5.97 Å². The van der Waals surface area contributed by atoms with Crippen molar-refractivity contribution in [3.63, 3.8) is 0 Å². The fourth-order valence-corrected chi connectivity index (χ4v) is 2.96. The lowest BCUT2D eigenvalue weighted by atomic mass is 9.93. The van der Waals surface area contributed by atoms with Crippen LogP contribution in [0.3, 0.4) is 0 Å². The van der Waals surface area contributed by atoms with Gasteiger partial charge in [0, 0.05) is 4.47 Å². The Morgan fingerprint density at radius 2 is 1.72 bits per heavy atom. The standard InChI is InChI=1S/C20H16BrNO3/c1-25-18(23)12-22-20(24)19-16-5-3-2-4-13(16)8-11-17(19)14-6-9-15(21)10-7-14/h2-11H,12H2,1H3,(H,22,24). The molecule has 0 unspecified atom stereocenters. The van der Waals surface area contributed by atoms with Crippen LogP contribution in [0.2, 0.25) is 0 Å². The lowest BCUT2D eigenvalue weighted by Crippen LogP contribution is -2.30. The number of nitrogens with one attached hydrogen (secondary N) is 1. The zero-order chi connectivity index (χ0) is 17.8. The topological polar surface area (TPSA) is 55.4 Å². The molecular weight excluding hydrogens is 382 g/mol. The first-order valence-corrected chi connectivity index (χ1v) is 8.52. The minimum atomic E-state index is -0.487. The number of hydrogen-bond donors (Lipinski definition) is 1. The molecule has 1 amide bonds. The number of halogens is 1. The molecule has 3 rings (SSSR count). The van der Waals surface area contributed by atoms with E-state index in [1.54, 1.807) is 0 Å². The first kappa shape index (κ1) is 17.2. The maximum atomic E-state index is 12.8. The smallest absolute Gasteiger partial charge is 0.325 e. The van der Waals surface area contributed by atoms with Gasteiger partial charge in [-0.1, -0.05) is 64.5 Å². The minimum Gasteiger partial charge on any atom is -0.468 e. The van der Waals surface area contributed by atoms with Gasteiger partial charge in [-0.25, -0.2) is 0 Å². The fourth-order valence-electron chi connectivity index (χ4n) is 2.70. The van der Waals surface area contributed by atoms with Crippen LogP contribution >= 0.6 is 15.9 Å². The van der Waals surface area contributed by atoms with Crippen molar-refractivity contribution in [3.8, 4) is 11.1 Å². The first-order valence-electron chi connectivity index (χ1n) is 7.73. The van der Waals surface area contributed by atoms with Crippen molar-refractivity contribution < 1.29 is 14.3 Å². The number of benzene rings is 3. The number of fused-ring (bicyclic) bond motifs is 1. The van der Waals surface area contributed by atoms with Crippen LogP contribution in [0.1, 0.15) is 10.4 Å². The molecule has 0 aliphatic rings. The van der Waals surface area contributed by atoms with Gasteiger partial charge in [0.1, 0.15) is 6.54 Å². The predicted molar refractivity (Wildman–Crippen MR) is 101 cm³/mol. The molecule has 4 nitrogen and oxygen atoms in total. The zero-order valence-electron chi connectivity index (χ0n) is 13.6. The monoisotopic (exact) mass is 397 g/mol. The number of amides is 1. The van der Waals surface area contributed by atoms with Crippen molar-refractivity contribution in [2.75, 3.05) is 13.7 Å². The third-order valence-corrected chi connectivity index (χ3v) is 4.46. The quantitative estimate of drug-likeness (QED) is 0.672. The Kier molecular flexibility index (Phi) is 5.14. The van der Waals surface area contributed by atoms with Gasteiger partial charge in [-0.2, -0.15) is 0 Å². The summed E-state index contributed by atoms with van der Waals surface area (Å²) >= 11 is 3.42. The Balaban J connectivity index is 2.11. The van der Waals surface area contributed by atoms with Gasteiger partial charge in [-0.3, -0.25) is 9.59 Å². The Morgan fingerprint density at radius 1 is 1.00 bits per heavy atom.